The highest BCUT2D eigenvalue weighted by molar-refractivity contribution is 8.00. The lowest BCUT2D eigenvalue weighted by molar-refractivity contribution is -0.139. The van der Waals surface area contributed by atoms with Crippen molar-refractivity contribution < 1.29 is 23.8 Å². The summed E-state index contributed by atoms with van der Waals surface area (Å²) in [7, 11) is 0. The third kappa shape index (κ3) is 5.25. The van der Waals surface area contributed by atoms with E-state index in [2.05, 4.69) is 19.9 Å². The lowest BCUT2D eigenvalue weighted by Crippen LogP contribution is -2.10. The molecule has 4 aromatic rings. The third-order valence-electron chi connectivity index (χ3n) is 4.47. The summed E-state index contributed by atoms with van der Waals surface area (Å²) in [6, 6.07) is 3.67. The summed E-state index contributed by atoms with van der Waals surface area (Å²) in [6.45, 7) is 7.72. The normalized spacial score (nSPS) is 11.2. The van der Waals surface area contributed by atoms with Gasteiger partial charge < -0.3 is 19.0 Å². The second-order valence-corrected chi connectivity index (χ2v) is 9.38. The number of aliphatic carboxylic acids is 1. The zero-order valence-electron chi connectivity index (χ0n) is 18.5. The minimum Gasteiger partial charge on any atom is -0.481 e. The fraction of sp³-hybridized carbons (Fsp3) is 0.318. The molecule has 1 N–H and O–H groups in total. The summed E-state index contributed by atoms with van der Waals surface area (Å²) in [5.74, 6) is 0.226. The van der Waals surface area contributed by atoms with Crippen molar-refractivity contribution in [2.24, 2.45) is 0 Å². The highest BCUT2D eigenvalue weighted by atomic mass is 32.2. The first kappa shape index (κ1) is 23.0. The SMILES string of the molecule is CCCOc1nc(Sc2nc(C)cs2)nc2oc(-c3cc(C)c(OCC(=O)O)c(C)c3)nc12. The smallest absolute Gasteiger partial charge is 0.341 e. The van der Waals surface area contributed by atoms with Gasteiger partial charge in [0.25, 0.3) is 5.71 Å². The second kappa shape index (κ2) is 9.75. The molecular formula is C22H22N4O5S2. The van der Waals surface area contributed by atoms with Crippen LogP contribution in [0.5, 0.6) is 11.6 Å². The van der Waals surface area contributed by atoms with Crippen LogP contribution in [0.4, 0.5) is 0 Å². The van der Waals surface area contributed by atoms with Gasteiger partial charge in [0.2, 0.25) is 16.9 Å². The van der Waals surface area contributed by atoms with Crippen LogP contribution in [0.3, 0.4) is 0 Å². The lowest BCUT2D eigenvalue weighted by Gasteiger charge is -2.11. The van der Waals surface area contributed by atoms with E-state index in [1.165, 1.54) is 23.1 Å². The molecule has 0 aliphatic carbocycles. The number of nitrogens with zero attached hydrogens (tertiary/aromatic N) is 4. The van der Waals surface area contributed by atoms with Crippen LogP contribution in [-0.2, 0) is 4.79 Å². The molecule has 0 bridgehead atoms. The number of oxazole rings is 1. The van der Waals surface area contributed by atoms with E-state index >= 15 is 0 Å². The number of aromatic nitrogens is 4. The van der Waals surface area contributed by atoms with Gasteiger partial charge in [-0.1, -0.05) is 6.92 Å². The van der Waals surface area contributed by atoms with Crippen LogP contribution in [-0.4, -0.2) is 44.2 Å². The number of carboxylic acids is 1. The van der Waals surface area contributed by atoms with Gasteiger partial charge in [-0.2, -0.15) is 9.97 Å². The quantitative estimate of drug-likeness (QED) is 0.321. The predicted molar refractivity (Wildman–Crippen MR) is 124 cm³/mol. The van der Waals surface area contributed by atoms with Crippen molar-refractivity contribution in [1.29, 1.82) is 0 Å². The van der Waals surface area contributed by atoms with Crippen LogP contribution >= 0.6 is 23.1 Å². The van der Waals surface area contributed by atoms with Gasteiger partial charge in [0.15, 0.2) is 16.5 Å². The Morgan fingerprint density at radius 3 is 2.52 bits per heavy atom. The van der Waals surface area contributed by atoms with E-state index in [-0.39, 0.29) is 0 Å². The molecule has 0 spiro atoms. The lowest BCUT2D eigenvalue weighted by atomic mass is 10.1. The van der Waals surface area contributed by atoms with E-state index in [0.29, 0.717) is 40.5 Å². The van der Waals surface area contributed by atoms with Gasteiger partial charge in [0.05, 0.1) is 6.61 Å². The summed E-state index contributed by atoms with van der Waals surface area (Å²) < 4.78 is 18.1. The molecule has 3 aromatic heterocycles. The van der Waals surface area contributed by atoms with Gasteiger partial charge in [-0.15, -0.1) is 11.3 Å². The van der Waals surface area contributed by atoms with E-state index in [1.807, 2.05) is 45.2 Å². The first-order valence-corrected chi connectivity index (χ1v) is 11.9. The average Bonchev–Trinajstić information content (AvgIpc) is 3.37. The Hall–Kier alpha value is -3.18. The molecule has 0 aliphatic rings. The maximum absolute atomic E-state index is 10.9. The van der Waals surface area contributed by atoms with Gasteiger partial charge in [-0.3, -0.25) is 0 Å². The van der Waals surface area contributed by atoms with Crippen molar-refractivity contribution >= 4 is 40.3 Å². The van der Waals surface area contributed by atoms with E-state index in [1.54, 1.807) is 0 Å². The van der Waals surface area contributed by atoms with E-state index in [9.17, 15) is 4.79 Å². The first-order chi connectivity index (χ1) is 15.8. The molecule has 0 radical (unpaired) electrons. The number of rotatable bonds is 9. The number of hydrogen-bond acceptors (Lipinski definition) is 10. The molecule has 0 fully saturated rings. The maximum Gasteiger partial charge on any atom is 0.341 e. The number of carboxylic acid groups (broad SMARTS) is 1. The first-order valence-electron chi connectivity index (χ1n) is 10.2. The van der Waals surface area contributed by atoms with Crippen LogP contribution < -0.4 is 9.47 Å². The predicted octanol–water partition coefficient (Wildman–Crippen LogP) is 5.07. The zero-order chi connectivity index (χ0) is 23.5. The molecule has 9 nitrogen and oxygen atoms in total. The fourth-order valence-corrected chi connectivity index (χ4v) is 4.82. The maximum atomic E-state index is 10.9. The molecule has 0 atom stereocenters. The molecule has 1 aromatic carbocycles. The van der Waals surface area contributed by atoms with Crippen molar-refractivity contribution in [1.82, 2.24) is 19.9 Å². The molecule has 0 saturated carbocycles. The number of benzene rings is 1. The summed E-state index contributed by atoms with van der Waals surface area (Å²) in [5.41, 5.74) is 3.98. The number of hydrogen-bond donors (Lipinski definition) is 1. The van der Waals surface area contributed by atoms with Crippen LogP contribution in [0.1, 0.15) is 30.2 Å². The van der Waals surface area contributed by atoms with Gasteiger partial charge in [-0.05, 0) is 62.2 Å². The Morgan fingerprint density at radius 2 is 1.88 bits per heavy atom. The molecule has 11 heteroatoms. The Balaban J connectivity index is 1.72. The molecule has 3 heterocycles. The fourth-order valence-electron chi connectivity index (χ4n) is 3.14. The largest absolute Gasteiger partial charge is 0.481 e. The third-order valence-corrected chi connectivity index (χ3v) is 6.39. The monoisotopic (exact) mass is 486 g/mol. The van der Waals surface area contributed by atoms with E-state index in [0.717, 1.165) is 33.1 Å². The topological polar surface area (TPSA) is 120 Å². The van der Waals surface area contributed by atoms with Crippen molar-refractivity contribution in [3.8, 4) is 23.1 Å². The summed E-state index contributed by atoms with van der Waals surface area (Å²) in [4.78, 5) is 29.0. The summed E-state index contributed by atoms with van der Waals surface area (Å²) in [5, 5.41) is 11.3. The van der Waals surface area contributed by atoms with Crippen molar-refractivity contribution in [3.63, 3.8) is 0 Å². The highest BCUT2D eigenvalue weighted by Gasteiger charge is 2.20. The molecule has 0 aliphatic heterocycles. The Labute approximate surface area is 198 Å². The Bertz CT molecular complexity index is 1290. The van der Waals surface area contributed by atoms with Crippen LogP contribution in [0, 0.1) is 20.8 Å². The number of thiazole rings is 1. The number of ether oxygens (including phenoxy) is 2. The minimum atomic E-state index is -1.03. The zero-order valence-corrected chi connectivity index (χ0v) is 20.2. The van der Waals surface area contributed by atoms with E-state index in [4.69, 9.17) is 19.0 Å². The number of fused-ring (bicyclic) bond motifs is 1. The molecule has 0 saturated heterocycles. The molecule has 172 valence electrons. The molecule has 4 rings (SSSR count). The van der Waals surface area contributed by atoms with Crippen LogP contribution in [0.25, 0.3) is 22.7 Å². The van der Waals surface area contributed by atoms with Crippen LogP contribution in [0.2, 0.25) is 0 Å². The Morgan fingerprint density at radius 1 is 1.12 bits per heavy atom. The number of carbonyl (C=O) groups is 1. The molecule has 0 unspecified atom stereocenters. The standard InChI is InChI=1S/C22H22N4O5S2/c1-5-6-29-19-16-20(26-21(25-19)33-22-23-13(4)10-32-22)31-18(24-16)14-7-11(2)17(12(3)8-14)30-9-15(27)28/h7-8,10H,5-6,9H2,1-4H3,(H,27,28). The molecule has 0 amide bonds. The average molecular weight is 487 g/mol. The van der Waals surface area contributed by atoms with Crippen LogP contribution in [0.15, 0.2) is 31.4 Å². The van der Waals surface area contributed by atoms with Gasteiger partial charge in [0, 0.05) is 16.6 Å². The van der Waals surface area contributed by atoms with Crippen molar-refractivity contribution in [3.05, 3.63) is 34.3 Å². The van der Waals surface area contributed by atoms with Gasteiger partial charge >= 0.3 is 5.97 Å². The summed E-state index contributed by atoms with van der Waals surface area (Å²) in [6.07, 6.45) is 0.820. The van der Waals surface area contributed by atoms with Crippen molar-refractivity contribution in [2.45, 2.75) is 43.6 Å². The van der Waals surface area contributed by atoms with Crippen molar-refractivity contribution in [2.75, 3.05) is 13.2 Å². The summed E-state index contributed by atoms with van der Waals surface area (Å²) >= 11 is 2.87. The number of aryl methyl sites for hydroxylation is 3. The minimum absolute atomic E-state index is 0.323. The molecule has 33 heavy (non-hydrogen) atoms. The Kier molecular flexibility index (Phi) is 6.80. The molecular weight excluding hydrogens is 464 g/mol. The highest BCUT2D eigenvalue weighted by Crippen LogP contribution is 2.35. The van der Waals surface area contributed by atoms with E-state index < -0.39 is 12.6 Å². The van der Waals surface area contributed by atoms with Gasteiger partial charge in [0.1, 0.15) is 5.75 Å². The second-order valence-electron chi connectivity index (χ2n) is 7.31. The van der Waals surface area contributed by atoms with Gasteiger partial charge in [-0.25, -0.2) is 14.8 Å².